The fourth-order valence-corrected chi connectivity index (χ4v) is 3.52. The molecule has 0 aliphatic carbocycles. The summed E-state index contributed by atoms with van der Waals surface area (Å²) in [6.07, 6.45) is 1.58. The second kappa shape index (κ2) is 7.09. The second-order valence-corrected chi connectivity index (χ2v) is 7.35. The summed E-state index contributed by atoms with van der Waals surface area (Å²) < 4.78 is 13.6. The van der Waals surface area contributed by atoms with Gasteiger partial charge in [0.2, 0.25) is 0 Å². The van der Waals surface area contributed by atoms with Gasteiger partial charge in [0.05, 0.1) is 15.9 Å². The van der Waals surface area contributed by atoms with Crippen LogP contribution in [0.25, 0.3) is 6.08 Å². The fraction of sp³-hybridized carbons (Fsp3) is 0.0588. The van der Waals surface area contributed by atoms with Crippen molar-refractivity contribution >= 4 is 56.5 Å². The molecule has 0 unspecified atom stereocenters. The van der Waals surface area contributed by atoms with Crippen molar-refractivity contribution in [3.63, 3.8) is 0 Å². The minimum absolute atomic E-state index is 0.187. The minimum Gasteiger partial charge on any atom is -0.268 e. The lowest BCUT2D eigenvalue weighted by Crippen LogP contribution is -2.27. The summed E-state index contributed by atoms with van der Waals surface area (Å²) >= 11 is 9.80. The maximum atomic E-state index is 13.3. The molecule has 1 fully saturated rings. The molecule has 3 nitrogen and oxygen atoms in total. The Morgan fingerprint density at radius 3 is 2.54 bits per heavy atom. The molecule has 0 aromatic heterocycles. The molecule has 1 aliphatic rings. The molecule has 1 aliphatic heterocycles. The van der Waals surface area contributed by atoms with E-state index in [0.29, 0.717) is 20.0 Å². The first-order chi connectivity index (χ1) is 11.4. The van der Waals surface area contributed by atoms with Gasteiger partial charge in [-0.2, -0.15) is 0 Å². The summed E-state index contributed by atoms with van der Waals surface area (Å²) in [7, 11) is 0. The van der Waals surface area contributed by atoms with Gasteiger partial charge < -0.3 is 0 Å². The zero-order valence-electron chi connectivity index (χ0n) is 12.1. The molecule has 3 rings (SSSR count). The lowest BCUT2D eigenvalue weighted by molar-refractivity contribution is -0.123. The number of nitrogens with zero attached hydrogens (tertiary/aromatic N) is 1. The Bertz CT molecular complexity index is 854. The average molecular weight is 427 g/mol. The smallest absolute Gasteiger partial charge is 0.268 e. The lowest BCUT2D eigenvalue weighted by Gasteiger charge is -2.12. The number of rotatable bonds is 3. The van der Waals surface area contributed by atoms with Gasteiger partial charge in [-0.25, -0.2) is 4.39 Å². The Balaban J connectivity index is 1.81. The van der Waals surface area contributed by atoms with Gasteiger partial charge in [0.15, 0.2) is 0 Å². The quantitative estimate of drug-likeness (QED) is 0.610. The third kappa shape index (κ3) is 3.71. The fourth-order valence-electron chi connectivity index (χ4n) is 2.16. The van der Waals surface area contributed by atoms with Crippen molar-refractivity contribution < 1.29 is 14.0 Å². The Hall–Kier alpha value is -1.63. The Morgan fingerprint density at radius 1 is 1.17 bits per heavy atom. The SMILES string of the molecule is O=C1S/C(=C/c2ccc(F)c(Br)c2)C(=O)N1Cc1ccc(Cl)cc1. The van der Waals surface area contributed by atoms with E-state index in [4.69, 9.17) is 11.6 Å². The van der Waals surface area contributed by atoms with Crippen molar-refractivity contribution in [2.75, 3.05) is 0 Å². The van der Waals surface area contributed by atoms with Crippen molar-refractivity contribution in [1.82, 2.24) is 4.90 Å². The minimum atomic E-state index is -0.386. The topological polar surface area (TPSA) is 37.4 Å². The summed E-state index contributed by atoms with van der Waals surface area (Å²) in [5, 5.41) is 0.261. The van der Waals surface area contributed by atoms with Gasteiger partial charge in [-0.3, -0.25) is 14.5 Å². The molecule has 1 heterocycles. The molecule has 0 N–H and O–H groups in total. The third-order valence-corrected chi connectivity index (χ3v) is 5.14. The molecule has 0 atom stereocenters. The first-order valence-electron chi connectivity index (χ1n) is 6.89. The Labute approximate surface area is 155 Å². The van der Waals surface area contributed by atoms with Gasteiger partial charge in [-0.1, -0.05) is 29.8 Å². The molecule has 2 aromatic rings. The summed E-state index contributed by atoms with van der Waals surface area (Å²) in [6, 6.07) is 11.4. The maximum absolute atomic E-state index is 13.3. The summed E-state index contributed by atoms with van der Waals surface area (Å²) in [6.45, 7) is 0.187. The van der Waals surface area contributed by atoms with Crippen LogP contribution in [-0.2, 0) is 11.3 Å². The highest BCUT2D eigenvalue weighted by Crippen LogP contribution is 2.33. The van der Waals surface area contributed by atoms with E-state index in [2.05, 4.69) is 15.9 Å². The zero-order valence-corrected chi connectivity index (χ0v) is 15.3. The number of thioether (sulfide) groups is 1. The molecule has 0 saturated carbocycles. The Morgan fingerprint density at radius 2 is 1.88 bits per heavy atom. The highest BCUT2D eigenvalue weighted by molar-refractivity contribution is 9.10. The number of benzene rings is 2. The van der Waals surface area contributed by atoms with E-state index in [1.807, 2.05) is 0 Å². The summed E-state index contributed by atoms with van der Waals surface area (Å²) in [4.78, 5) is 26.0. The highest BCUT2D eigenvalue weighted by atomic mass is 79.9. The summed E-state index contributed by atoms with van der Waals surface area (Å²) in [5.41, 5.74) is 1.45. The molecule has 0 radical (unpaired) electrons. The molecule has 0 spiro atoms. The Kier molecular flexibility index (Phi) is 5.08. The van der Waals surface area contributed by atoms with E-state index >= 15 is 0 Å². The predicted octanol–water partition coefficient (Wildman–Crippen LogP) is 5.48. The van der Waals surface area contributed by atoms with Crippen LogP contribution in [0.4, 0.5) is 9.18 Å². The van der Waals surface area contributed by atoms with Crippen LogP contribution in [0.15, 0.2) is 51.8 Å². The maximum Gasteiger partial charge on any atom is 0.293 e. The number of amides is 2. The van der Waals surface area contributed by atoms with Crippen molar-refractivity contribution in [3.8, 4) is 0 Å². The molecule has 1 saturated heterocycles. The van der Waals surface area contributed by atoms with Crippen LogP contribution in [-0.4, -0.2) is 16.0 Å². The van der Waals surface area contributed by atoms with Crippen molar-refractivity contribution in [2.45, 2.75) is 6.54 Å². The lowest BCUT2D eigenvalue weighted by atomic mass is 10.2. The van der Waals surface area contributed by atoms with Gasteiger partial charge >= 0.3 is 0 Å². The largest absolute Gasteiger partial charge is 0.293 e. The van der Waals surface area contributed by atoms with Gasteiger partial charge in [-0.15, -0.1) is 0 Å². The molecule has 0 bridgehead atoms. The molecule has 2 amide bonds. The van der Waals surface area contributed by atoms with Crippen LogP contribution in [0.2, 0.25) is 5.02 Å². The first kappa shape index (κ1) is 17.2. The van der Waals surface area contributed by atoms with Crippen LogP contribution >= 0.6 is 39.3 Å². The normalized spacial score (nSPS) is 16.3. The number of hydrogen-bond donors (Lipinski definition) is 0. The second-order valence-electron chi connectivity index (χ2n) is 5.07. The van der Waals surface area contributed by atoms with Crippen LogP contribution in [0.1, 0.15) is 11.1 Å². The van der Waals surface area contributed by atoms with E-state index in [0.717, 1.165) is 17.3 Å². The molecular formula is C17H10BrClFNO2S. The van der Waals surface area contributed by atoms with Crippen LogP contribution in [0.5, 0.6) is 0 Å². The number of carbonyl (C=O) groups excluding carboxylic acids is 2. The van der Waals surface area contributed by atoms with Crippen LogP contribution < -0.4 is 0 Å². The van der Waals surface area contributed by atoms with Crippen LogP contribution in [0, 0.1) is 5.82 Å². The van der Waals surface area contributed by atoms with E-state index in [1.165, 1.54) is 11.0 Å². The van der Waals surface area contributed by atoms with E-state index in [9.17, 15) is 14.0 Å². The number of carbonyl (C=O) groups is 2. The molecule has 2 aromatic carbocycles. The molecular weight excluding hydrogens is 417 g/mol. The predicted molar refractivity (Wildman–Crippen MR) is 97.1 cm³/mol. The van der Waals surface area contributed by atoms with Crippen molar-refractivity contribution in [3.05, 3.63) is 73.8 Å². The number of hydrogen-bond acceptors (Lipinski definition) is 3. The number of imide groups is 1. The zero-order chi connectivity index (χ0) is 17.3. The standard InChI is InChI=1S/C17H10BrClFNO2S/c18-13-7-11(3-6-14(13)20)8-15-16(22)21(17(23)24-15)9-10-1-4-12(19)5-2-10/h1-8H,9H2/b15-8+. The number of halogens is 3. The molecule has 122 valence electrons. The summed E-state index contributed by atoms with van der Waals surface area (Å²) in [5.74, 6) is -0.747. The van der Waals surface area contributed by atoms with Gasteiger partial charge in [0.25, 0.3) is 11.1 Å². The van der Waals surface area contributed by atoms with Crippen molar-refractivity contribution in [1.29, 1.82) is 0 Å². The monoisotopic (exact) mass is 425 g/mol. The van der Waals surface area contributed by atoms with Gasteiger partial charge in [0, 0.05) is 5.02 Å². The molecule has 7 heteroatoms. The third-order valence-electron chi connectivity index (χ3n) is 3.37. The molecule has 24 heavy (non-hydrogen) atoms. The van der Waals surface area contributed by atoms with E-state index < -0.39 is 0 Å². The van der Waals surface area contributed by atoms with Crippen molar-refractivity contribution in [2.24, 2.45) is 0 Å². The van der Waals surface area contributed by atoms with Gasteiger partial charge in [-0.05, 0) is 69.2 Å². The van der Waals surface area contributed by atoms with Gasteiger partial charge in [0.1, 0.15) is 5.82 Å². The highest BCUT2D eigenvalue weighted by Gasteiger charge is 2.34. The van der Waals surface area contributed by atoms with E-state index in [-0.39, 0.29) is 23.5 Å². The van der Waals surface area contributed by atoms with Crippen LogP contribution in [0.3, 0.4) is 0 Å². The average Bonchev–Trinajstić information content (AvgIpc) is 2.80. The first-order valence-corrected chi connectivity index (χ1v) is 8.87. The van der Waals surface area contributed by atoms with E-state index in [1.54, 1.807) is 42.5 Å².